The zero-order chi connectivity index (χ0) is 14.1. The van der Waals surface area contributed by atoms with Crippen molar-refractivity contribution in [3.63, 3.8) is 0 Å². The van der Waals surface area contributed by atoms with Crippen LogP contribution in [0.15, 0.2) is 42.5 Å². The highest BCUT2D eigenvalue weighted by molar-refractivity contribution is 6.17. The summed E-state index contributed by atoms with van der Waals surface area (Å²) in [5, 5.41) is 8.87. The topological polar surface area (TPSA) is 41.6 Å². The van der Waals surface area contributed by atoms with Gasteiger partial charge in [0.2, 0.25) is 0 Å². The maximum Gasteiger partial charge on any atom is 0.129 e. The summed E-state index contributed by atoms with van der Waals surface area (Å²) in [6.45, 7) is 2.04. The predicted molar refractivity (Wildman–Crippen MR) is 80.1 cm³/mol. The standard InChI is InChI=1S/C16H12ClN3/c1-11-2-7-15-14(8-11)19-16(9-17)20(15)13-5-3-12(10-18)4-6-13/h2-8H,9H2,1H3. The third-order valence-corrected chi connectivity index (χ3v) is 3.49. The van der Waals surface area contributed by atoms with Crippen LogP contribution in [-0.4, -0.2) is 9.55 Å². The Labute approximate surface area is 122 Å². The lowest BCUT2D eigenvalue weighted by atomic mass is 10.2. The number of benzene rings is 2. The molecule has 0 aliphatic rings. The first-order valence-corrected chi connectivity index (χ1v) is 6.81. The molecule has 1 heterocycles. The number of imidazole rings is 1. The zero-order valence-corrected chi connectivity index (χ0v) is 11.7. The van der Waals surface area contributed by atoms with Gasteiger partial charge in [0.05, 0.1) is 28.5 Å². The van der Waals surface area contributed by atoms with Gasteiger partial charge in [0.25, 0.3) is 0 Å². The molecular formula is C16H12ClN3. The van der Waals surface area contributed by atoms with Crippen molar-refractivity contribution in [3.05, 3.63) is 59.4 Å². The van der Waals surface area contributed by atoms with Gasteiger partial charge in [0, 0.05) is 5.69 Å². The summed E-state index contributed by atoms with van der Waals surface area (Å²) >= 11 is 6.02. The van der Waals surface area contributed by atoms with E-state index in [2.05, 4.69) is 17.1 Å². The van der Waals surface area contributed by atoms with Crippen molar-refractivity contribution >= 4 is 22.6 Å². The lowest BCUT2D eigenvalue weighted by Gasteiger charge is -2.07. The van der Waals surface area contributed by atoms with Crippen molar-refractivity contribution in [2.24, 2.45) is 0 Å². The molecule has 0 atom stereocenters. The van der Waals surface area contributed by atoms with Gasteiger partial charge in [-0.1, -0.05) is 6.07 Å². The Morgan fingerprint density at radius 3 is 2.60 bits per heavy atom. The minimum absolute atomic E-state index is 0.341. The van der Waals surface area contributed by atoms with Crippen LogP contribution >= 0.6 is 11.6 Å². The Morgan fingerprint density at radius 2 is 1.95 bits per heavy atom. The number of fused-ring (bicyclic) bond motifs is 1. The van der Waals surface area contributed by atoms with Crippen molar-refractivity contribution in [1.29, 1.82) is 5.26 Å². The molecule has 0 bridgehead atoms. The van der Waals surface area contributed by atoms with E-state index in [4.69, 9.17) is 16.9 Å². The monoisotopic (exact) mass is 281 g/mol. The SMILES string of the molecule is Cc1ccc2c(c1)nc(CCl)n2-c1ccc(C#N)cc1. The van der Waals surface area contributed by atoms with E-state index in [-0.39, 0.29) is 0 Å². The number of aromatic nitrogens is 2. The summed E-state index contributed by atoms with van der Waals surface area (Å²) in [7, 11) is 0. The van der Waals surface area contributed by atoms with Crippen LogP contribution in [0.1, 0.15) is 17.0 Å². The normalized spacial score (nSPS) is 10.7. The molecule has 3 rings (SSSR count). The Hall–Kier alpha value is -2.31. The summed E-state index contributed by atoms with van der Waals surface area (Å²) in [5.41, 5.74) is 4.73. The summed E-state index contributed by atoms with van der Waals surface area (Å²) in [5.74, 6) is 1.14. The van der Waals surface area contributed by atoms with E-state index < -0.39 is 0 Å². The molecule has 0 saturated carbocycles. The van der Waals surface area contributed by atoms with Gasteiger partial charge in [-0.05, 0) is 48.9 Å². The van der Waals surface area contributed by atoms with Gasteiger partial charge in [0.1, 0.15) is 5.82 Å². The minimum Gasteiger partial charge on any atom is -0.295 e. The molecule has 1 aromatic heterocycles. The van der Waals surface area contributed by atoms with Crippen molar-refractivity contribution in [2.75, 3.05) is 0 Å². The molecule has 2 aromatic carbocycles. The van der Waals surface area contributed by atoms with Crippen molar-refractivity contribution in [2.45, 2.75) is 12.8 Å². The van der Waals surface area contributed by atoms with Crippen molar-refractivity contribution < 1.29 is 0 Å². The van der Waals surface area contributed by atoms with Gasteiger partial charge in [-0.3, -0.25) is 4.57 Å². The molecule has 0 fully saturated rings. The maximum absolute atomic E-state index is 8.87. The number of rotatable bonds is 2. The van der Waals surface area contributed by atoms with E-state index in [1.807, 2.05) is 35.8 Å². The van der Waals surface area contributed by atoms with E-state index in [1.54, 1.807) is 12.1 Å². The maximum atomic E-state index is 8.87. The molecule has 3 aromatic rings. The number of aryl methyl sites for hydroxylation is 1. The Bertz CT molecular complexity index is 810. The molecule has 0 saturated heterocycles. The quantitative estimate of drug-likeness (QED) is 0.668. The number of hydrogen-bond donors (Lipinski definition) is 0. The minimum atomic E-state index is 0.341. The van der Waals surface area contributed by atoms with Crippen LogP contribution in [0.2, 0.25) is 0 Å². The second-order valence-corrected chi connectivity index (χ2v) is 4.92. The van der Waals surface area contributed by atoms with Gasteiger partial charge in [-0.2, -0.15) is 5.26 Å². The molecule has 0 N–H and O–H groups in total. The van der Waals surface area contributed by atoms with Gasteiger partial charge < -0.3 is 0 Å². The van der Waals surface area contributed by atoms with E-state index in [9.17, 15) is 0 Å². The molecule has 4 heteroatoms. The lowest BCUT2D eigenvalue weighted by molar-refractivity contribution is 0.982. The fourth-order valence-electron chi connectivity index (χ4n) is 2.30. The molecule has 0 unspecified atom stereocenters. The number of hydrogen-bond acceptors (Lipinski definition) is 2. The number of alkyl halides is 1. The van der Waals surface area contributed by atoms with E-state index in [0.717, 1.165) is 22.5 Å². The smallest absolute Gasteiger partial charge is 0.129 e. The average Bonchev–Trinajstić information content (AvgIpc) is 2.84. The van der Waals surface area contributed by atoms with Crippen LogP contribution in [0, 0.1) is 18.3 Å². The van der Waals surface area contributed by atoms with Crippen LogP contribution < -0.4 is 0 Å². The molecule has 3 nitrogen and oxygen atoms in total. The fourth-order valence-corrected chi connectivity index (χ4v) is 2.48. The van der Waals surface area contributed by atoms with E-state index >= 15 is 0 Å². The number of nitrogens with zero attached hydrogens (tertiary/aromatic N) is 3. The second kappa shape index (κ2) is 4.99. The largest absolute Gasteiger partial charge is 0.295 e. The number of nitriles is 1. The summed E-state index contributed by atoms with van der Waals surface area (Å²) < 4.78 is 2.03. The summed E-state index contributed by atoms with van der Waals surface area (Å²) in [6.07, 6.45) is 0. The molecule has 20 heavy (non-hydrogen) atoms. The molecular weight excluding hydrogens is 270 g/mol. The highest BCUT2D eigenvalue weighted by atomic mass is 35.5. The number of halogens is 1. The second-order valence-electron chi connectivity index (χ2n) is 4.65. The average molecular weight is 282 g/mol. The first kappa shape index (κ1) is 12.7. The van der Waals surface area contributed by atoms with Gasteiger partial charge in [-0.25, -0.2) is 4.98 Å². The molecule has 0 spiro atoms. The van der Waals surface area contributed by atoms with Gasteiger partial charge in [0.15, 0.2) is 0 Å². The van der Waals surface area contributed by atoms with Crippen LogP contribution in [0.25, 0.3) is 16.7 Å². The highest BCUT2D eigenvalue weighted by Crippen LogP contribution is 2.23. The van der Waals surface area contributed by atoms with Gasteiger partial charge >= 0.3 is 0 Å². The van der Waals surface area contributed by atoms with Gasteiger partial charge in [-0.15, -0.1) is 11.6 Å². The van der Waals surface area contributed by atoms with Crippen LogP contribution in [0.4, 0.5) is 0 Å². The van der Waals surface area contributed by atoms with E-state index in [1.165, 1.54) is 5.56 Å². The summed E-state index contributed by atoms with van der Waals surface area (Å²) in [4.78, 5) is 4.58. The molecule has 98 valence electrons. The molecule has 0 aliphatic heterocycles. The van der Waals surface area contributed by atoms with Crippen LogP contribution in [-0.2, 0) is 5.88 Å². The van der Waals surface area contributed by atoms with Crippen LogP contribution in [0.3, 0.4) is 0 Å². The Morgan fingerprint density at radius 1 is 1.20 bits per heavy atom. The molecule has 0 radical (unpaired) electrons. The zero-order valence-electron chi connectivity index (χ0n) is 11.0. The first-order valence-electron chi connectivity index (χ1n) is 6.27. The van der Waals surface area contributed by atoms with Crippen molar-refractivity contribution in [1.82, 2.24) is 9.55 Å². The van der Waals surface area contributed by atoms with Crippen LogP contribution in [0.5, 0.6) is 0 Å². The highest BCUT2D eigenvalue weighted by Gasteiger charge is 2.11. The first-order chi connectivity index (χ1) is 9.72. The van der Waals surface area contributed by atoms with E-state index in [0.29, 0.717) is 11.4 Å². The Balaban J connectivity index is 2.25. The molecule has 0 aliphatic carbocycles. The van der Waals surface area contributed by atoms with Crippen molar-refractivity contribution in [3.8, 4) is 11.8 Å². The third kappa shape index (κ3) is 2.04. The predicted octanol–water partition coefficient (Wildman–Crippen LogP) is 3.94. The molecule has 0 amide bonds. The Kier molecular flexibility index (Phi) is 3.17. The fraction of sp³-hybridized carbons (Fsp3) is 0.125. The third-order valence-electron chi connectivity index (χ3n) is 3.25. The summed E-state index contributed by atoms with van der Waals surface area (Å²) in [6, 6.07) is 15.7. The lowest BCUT2D eigenvalue weighted by Crippen LogP contribution is -1.99.